The Labute approximate surface area is 142 Å². The molecular weight excluding hydrogens is 326 g/mol. The highest BCUT2D eigenvalue weighted by molar-refractivity contribution is 7.90. The number of benzene rings is 1. The lowest BCUT2D eigenvalue weighted by molar-refractivity contribution is 0.0454. The summed E-state index contributed by atoms with van der Waals surface area (Å²) in [7, 11) is -3.89. The smallest absolute Gasteiger partial charge is 0.421 e. The minimum atomic E-state index is -3.89. The Kier molecular flexibility index (Phi) is 3.67. The number of carbonyl (C=O) groups excluding carboxylic acids is 1. The first-order chi connectivity index (χ1) is 11.4. The van der Waals surface area contributed by atoms with Crippen LogP contribution in [0.4, 0.5) is 4.79 Å². The van der Waals surface area contributed by atoms with E-state index in [0.29, 0.717) is 23.7 Å². The summed E-state index contributed by atoms with van der Waals surface area (Å²) in [6.07, 6.45) is 6.49. The number of rotatable bonds is 3. The largest absolute Gasteiger partial charge is 0.445 e. The van der Waals surface area contributed by atoms with Crippen molar-refractivity contribution in [3.05, 3.63) is 42.0 Å². The number of aryl methyl sites for hydroxylation is 1. The topological polar surface area (TPSA) is 72.5 Å². The molecule has 0 saturated heterocycles. The van der Waals surface area contributed by atoms with Gasteiger partial charge in [0.25, 0.3) is 10.0 Å². The molecule has 128 valence electrons. The Morgan fingerprint density at radius 1 is 1.17 bits per heavy atom. The minimum absolute atomic E-state index is 0.0665. The van der Waals surface area contributed by atoms with Gasteiger partial charge < -0.3 is 4.74 Å². The van der Waals surface area contributed by atoms with Crippen molar-refractivity contribution in [2.75, 3.05) is 0 Å². The van der Waals surface area contributed by atoms with Gasteiger partial charge in [-0.3, -0.25) is 0 Å². The minimum Gasteiger partial charge on any atom is -0.445 e. The zero-order valence-corrected chi connectivity index (χ0v) is 14.3. The number of nitrogens with one attached hydrogen (secondary N) is 1. The second-order valence-electron chi connectivity index (χ2n) is 7.16. The SMILES string of the molecule is Cc1ccc(S(=O)(=O)NC(=O)O[C@H]2C[C@H]3C[C@@H]2[C@H]2C=CC[C@H]32)cc1. The van der Waals surface area contributed by atoms with Crippen molar-refractivity contribution in [2.24, 2.45) is 23.7 Å². The van der Waals surface area contributed by atoms with Gasteiger partial charge in [0.15, 0.2) is 0 Å². The average molecular weight is 347 g/mol. The maximum Gasteiger partial charge on any atom is 0.421 e. The van der Waals surface area contributed by atoms with E-state index in [0.717, 1.165) is 24.8 Å². The Hall–Kier alpha value is -1.82. The molecule has 0 radical (unpaired) electrons. The van der Waals surface area contributed by atoms with Gasteiger partial charge >= 0.3 is 6.09 Å². The predicted molar refractivity (Wildman–Crippen MR) is 88.7 cm³/mol. The fraction of sp³-hybridized carbons (Fsp3) is 0.500. The quantitative estimate of drug-likeness (QED) is 0.853. The van der Waals surface area contributed by atoms with Crippen LogP contribution in [0.25, 0.3) is 0 Å². The number of amides is 1. The predicted octanol–water partition coefficient (Wildman–Crippen LogP) is 3.01. The molecule has 3 aliphatic carbocycles. The molecule has 5 nitrogen and oxygen atoms in total. The highest BCUT2D eigenvalue weighted by atomic mass is 32.2. The summed E-state index contributed by atoms with van der Waals surface area (Å²) in [5.74, 6) is 2.14. The molecule has 0 aliphatic heterocycles. The number of hydrogen-bond acceptors (Lipinski definition) is 4. The summed E-state index contributed by atoms with van der Waals surface area (Å²) in [6.45, 7) is 1.87. The molecule has 1 aromatic rings. The molecule has 5 atom stereocenters. The van der Waals surface area contributed by atoms with Crippen LogP contribution in [0.2, 0.25) is 0 Å². The Morgan fingerprint density at radius 2 is 1.92 bits per heavy atom. The lowest BCUT2D eigenvalue weighted by Crippen LogP contribution is -2.38. The first-order valence-electron chi connectivity index (χ1n) is 8.41. The van der Waals surface area contributed by atoms with E-state index in [1.165, 1.54) is 12.1 Å². The molecule has 0 aromatic heterocycles. The van der Waals surface area contributed by atoms with E-state index in [1.807, 2.05) is 11.6 Å². The standard InChI is InChI=1S/C18H21NO4S/c1-11-5-7-13(8-6-11)24(21,22)19-18(20)23-17-10-12-9-16(17)15-4-2-3-14(12)15/h2,4-8,12,14-17H,3,9-10H2,1H3,(H,19,20)/t12-,14-,15+,16-,17+/m1/s1. The molecule has 2 saturated carbocycles. The molecule has 3 aliphatic rings. The van der Waals surface area contributed by atoms with E-state index >= 15 is 0 Å². The number of sulfonamides is 1. The third-order valence-corrected chi connectivity index (χ3v) is 7.08. The number of fused-ring (bicyclic) bond motifs is 5. The molecule has 0 heterocycles. The number of ether oxygens (including phenoxy) is 1. The van der Waals surface area contributed by atoms with Crippen LogP contribution in [0.15, 0.2) is 41.3 Å². The van der Waals surface area contributed by atoms with Gasteiger partial charge in [-0.1, -0.05) is 29.8 Å². The van der Waals surface area contributed by atoms with Crippen LogP contribution < -0.4 is 4.72 Å². The molecule has 0 spiro atoms. The molecule has 0 unspecified atom stereocenters. The number of allylic oxidation sites excluding steroid dienone is 2. The molecule has 1 amide bonds. The zero-order chi connectivity index (χ0) is 16.9. The van der Waals surface area contributed by atoms with E-state index in [9.17, 15) is 13.2 Å². The summed E-state index contributed by atoms with van der Waals surface area (Å²) < 4.78 is 32.0. The third kappa shape index (κ3) is 2.62. The van der Waals surface area contributed by atoms with E-state index in [-0.39, 0.29) is 11.0 Å². The van der Waals surface area contributed by atoms with Gasteiger partial charge in [-0.05, 0) is 56.1 Å². The summed E-state index contributed by atoms with van der Waals surface area (Å²) >= 11 is 0. The second kappa shape index (κ2) is 5.62. The average Bonchev–Trinajstić information content (AvgIpc) is 3.19. The van der Waals surface area contributed by atoms with Crippen LogP contribution in [-0.4, -0.2) is 20.6 Å². The summed E-state index contributed by atoms with van der Waals surface area (Å²) in [5.41, 5.74) is 0.956. The van der Waals surface area contributed by atoms with Crippen LogP contribution in [0.5, 0.6) is 0 Å². The molecule has 4 rings (SSSR count). The van der Waals surface area contributed by atoms with Crippen molar-refractivity contribution < 1.29 is 17.9 Å². The van der Waals surface area contributed by atoms with E-state index in [2.05, 4.69) is 12.2 Å². The van der Waals surface area contributed by atoms with Crippen molar-refractivity contribution >= 4 is 16.1 Å². The maximum atomic E-state index is 12.2. The number of carbonyl (C=O) groups is 1. The van der Waals surface area contributed by atoms with Crippen LogP contribution in [0.3, 0.4) is 0 Å². The third-order valence-electron chi connectivity index (χ3n) is 5.76. The van der Waals surface area contributed by atoms with Gasteiger partial charge in [0.05, 0.1) is 4.90 Å². The molecular formula is C18H21NO4S. The van der Waals surface area contributed by atoms with Crippen LogP contribution in [0.1, 0.15) is 24.8 Å². The molecule has 1 aromatic carbocycles. The lowest BCUT2D eigenvalue weighted by atomic mass is 9.80. The first-order valence-corrected chi connectivity index (χ1v) is 9.89. The molecule has 2 fully saturated rings. The molecule has 6 heteroatoms. The van der Waals surface area contributed by atoms with Crippen LogP contribution in [-0.2, 0) is 14.8 Å². The van der Waals surface area contributed by atoms with E-state index in [1.54, 1.807) is 12.1 Å². The zero-order valence-electron chi connectivity index (χ0n) is 13.5. The van der Waals surface area contributed by atoms with Crippen molar-refractivity contribution in [3.8, 4) is 0 Å². The summed E-state index contributed by atoms with van der Waals surface area (Å²) in [6, 6.07) is 6.36. The van der Waals surface area contributed by atoms with Gasteiger partial charge in [0, 0.05) is 5.92 Å². The van der Waals surface area contributed by atoms with E-state index < -0.39 is 16.1 Å². The normalized spacial score (nSPS) is 33.5. The van der Waals surface area contributed by atoms with Crippen molar-refractivity contribution in [1.82, 2.24) is 4.72 Å². The van der Waals surface area contributed by atoms with Crippen molar-refractivity contribution in [1.29, 1.82) is 0 Å². The van der Waals surface area contributed by atoms with Crippen LogP contribution >= 0.6 is 0 Å². The first kappa shape index (κ1) is 15.7. The highest BCUT2D eigenvalue weighted by Crippen LogP contribution is 2.57. The summed E-state index contributed by atoms with van der Waals surface area (Å²) in [5, 5.41) is 0. The molecule has 2 bridgehead atoms. The monoisotopic (exact) mass is 347 g/mol. The van der Waals surface area contributed by atoms with Gasteiger partial charge in [0.2, 0.25) is 0 Å². The Balaban J connectivity index is 1.40. The molecule has 1 N–H and O–H groups in total. The van der Waals surface area contributed by atoms with Gasteiger partial charge in [0.1, 0.15) is 6.10 Å². The Morgan fingerprint density at radius 3 is 2.67 bits per heavy atom. The van der Waals surface area contributed by atoms with E-state index in [4.69, 9.17) is 4.74 Å². The van der Waals surface area contributed by atoms with Crippen LogP contribution in [0, 0.1) is 30.6 Å². The fourth-order valence-corrected chi connectivity index (χ4v) is 5.55. The van der Waals surface area contributed by atoms with Gasteiger partial charge in [-0.25, -0.2) is 17.9 Å². The summed E-state index contributed by atoms with van der Waals surface area (Å²) in [4.78, 5) is 12.2. The van der Waals surface area contributed by atoms with Gasteiger partial charge in [-0.15, -0.1) is 0 Å². The lowest BCUT2D eigenvalue weighted by Gasteiger charge is -2.30. The Bertz CT molecular complexity index is 784. The maximum absolute atomic E-state index is 12.2. The van der Waals surface area contributed by atoms with Gasteiger partial charge in [-0.2, -0.15) is 0 Å². The van der Waals surface area contributed by atoms with Crippen molar-refractivity contribution in [3.63, 3.8) is 0 Å². The second-order valence-corrected chi connectivity index (χ2v) is 8.85. The fourth-order valence-electron chi connectivity index (χ4n) is 4.67. The number of hydrogen-bond donors (Lipinski definition) is 1. The highest BCUT2D eigenvalue weighted by Gasteiger charge is 2.53. The van der Waals surface area contributed by atoms with Crippen molar-refractivity contribution in [2.45, 2.75) is 37.2 Å². The molecule has 24 heavy (non-hydrogen) atoms.